The lowest BCUT2D eigenvalue weighted by molar-refractivity contribution is -0.178. The minimum absolute atomic E-state index is 0.238. The first kappa shape index (κ1) is 35.5. The summed E-state index contributed by atoms with van der Waals surface area (Å²) >= 11 is 0. The molecule has 4 atom stereocenters. The van der Waals surface area contributed by atoms with Crippen LogP contribution in [0.3, 0.4) is 0 Å². The van der Waals surface area contributed by atoms with Crippen molar-refractivity contribution in [1.82, 2.24) is 0 Å². The zero-order valence-electron chi connectivity index (χ0n) is 26.4. The Balaban J connectivity index is 1.63. The standard InChI is InChI=1S/C36H54O6/c1-5-7-11-23-33(31-19-13-9-14-20-31)27-39-29(3)41-35(37)25-17-18-26-36(38)42-30(4)40-28-34(24-12-8-6-2)32-21-15-10-16-22-32/h9-10,13-16,19-22,29-30,33-34H,5-8,11-12,17-18,23-28H2,1-4H3. The molecule has 0 bridgehead atoms. The second kappa shape index (κ2) is 21.9. The van der Waals surface area contributed by atoms with Gasteiger partial charge in [-0.25, -0.2) is 0 Å². The van der Waals surface area contributed by atoms with Crippen LogP contribution in [0.4, 0.5) is 0 Å². The highest BCUT2D eigenvalue weighted by Gasteiger charge is 2.18. The molecule has 234 valence electrons. The van der Waals surface area contributed by atoms with Gasteiger partial charge in [0.2, 0.25) is 0 Å². The van der Waals surface area contributed by atoms with Gasteiger partial charge in [-0.1, -0.05) is 113 Å². The third-order valence-electron chi connectivity index (χ3n) is 7.53. The first-order valence-electron chi connectivity index (χ1n) is 16.1. The van der Waals surface area contributed by atoms with Crippen molar-refractivity contribution in [3.05, 3.63) is 71.8 Å². The molecule has 2 aromatic carbocycles. The molecule has 0 heterocycles. The van der Waals surface area contributed by atoms with Gasteiger partial charge in [-0.15, -0.1) is 0 Å². The number of rotatable bonds is 23. The molecule has 0 aliphatic heterocycles. The van der Waals surface area contributed by atoms with Crippen LogP contribution in [0, 0.1) is 0 Å². The lowest BCUT2D eigenvalue weighted by Crippen LogP contribution is -2.22. The molecule has 2 rings (SSSR count). The summed E-state index contributed by atoms with van der Waals surface area (Å²) in [6.45, 7) is 8.95. The third-order valence-corrected chi connectivity index (χ3v) is 7.53. The van der Waals surface area contributed by atoms with E-state index >= 15 is 0 Å². The first-order valence-corrected chi connectivity index (χ1v) is 16.1. The van der Waals surface area contributed by atoms with Gasteiger partial charge in [0, 0.05) is 24.7 Å². The van der Waals surface area contributed by atoms with Gasteiger partial charge in [0.25, 0.3) is 0 Å². The molecule has 2 aromatic rings. The molecule has 0 N–H and O–H groups in total. The summed E-state index contributed by atoms with van der Waals surface area (Å²) in [5.41, 5.74) is 2.50. The Morgan fingerprint density at radius 1 is 0.571 bits per heavy atom. The van der Waals surface area contributed by atoms with Crippen molar-refractivity contribution < 1.29 is 28.5 Å². The summed E-state index contributed by atoms with van der Waals surface area (Å²) in [7, 11) is 0. The SMILES string of the molecule is CCCCCC(COC(C)OC(=O)CCCCC(=O)OC(C)OCC(CCCCC)c1ccccc1)c1ccccc1. The fourth-order valence-electron chi connectivity index (χ4n) is 5.02. The zero-order chi connectivity index (χ0) is 30.4. The van der Waals surface area contributed by atoms with E-state index in [-0.39, 0.29) is 36.6 Å². The normalized spacial score (nSPS) is 14.1. The second-order valence-electron chi connectivity index (χ2n) is 11.2. The van der Waals surface area contributed by atoms with Crippen LogP contribution in [0.15, 0.2) is 60.7 Å². The number of ether oxygens (including phenoxy) is 4. The number of hydrogen-bond acceptors (Lipinski definition) is 6. The van der Waals surface area contributed by atoms with Crippen LogP contribution in [-0.2, 0) is 28.5 Å². The van der Waals surface area contributed by atoms with E-state index in [1.165, 1.54) is 36.8 Å². The second-order valence-corrected chi connectivity index (χ2v) is 11.2. The molecule has 0 aliphatic rings. The Morgan fingerprint density at radius 2 is 0.952 bits per heavy atom. The predicted molar refractivity (Wildman–Crippen MR) is 168 cm³/mol. The Bertz CT molecular complexity index is 884. The number of esters is 2. The highest BCUT2D eigenvalue weighted by atomic mass is 16.7. The van der Waals surface area contributed by atoms with Crippen LogP contribution in [-0.4, -0.2) is 37.7 Å². The van der Waals surface area contributed by atoms with Crippen LogP contribution >= 0.6 is 0 Å². The average Bonchev–Trinajstić information content (AvgIpc) is 2.99. The van der Waals surface area contributed by atoms with E-state index in [1.807, 2.05) is 36.4 Å². The van der Waals surface area contributed by atoms with Gasteiger partial charge in [-0.05, 0) is 50.7 Å². The van der Waals surface area contributed by atoms with Gasteiger partial charge < -0.3 is 18.9 Å². The largest absolute Gasteiger partial charge is 0.436 e. The van der Waals surface area contributed by atoms with E-state index in [2.05, 4.69) is 38.1 Å². The van der Waals surface area contributed by atoms with Gasteiger partial charge in [0.05, 0.1) is 13.2 Å². The monoisotopic (exact) mass is 582 g/mol. The van der Waals surface area contributed by atoms with E-state index in [1.54, 1.807) is 13.8 Å². The van der Waals surface area contributed by atoms with Crippen LogP contribution < -0.4 is 0 Å². The van der Waals surface area contributed by atoms with Gasteiger partial charge in [-0.2, -0.15) is 0 Å². The minimum atomic E-state index is -0.612. The van der Waals surface area contributed by atoms with Crippen LogP contribution in [0.2, 0.25) is 0 Å². The van der Waals surface area contributed by atoms with Crippen molar-refractivity contribution in [3.8, 4) is 0 Å². The van der Waals surface area contributed by atoms with Crippen molar-refractivity contribution in [2.45, 2.75) is 129 Å². The molecule has 4 unspecified atom stereocenters. The maximum Gasteiger partial charge on any atom is 0.308 e. The third kappa shape index (κ3) is 15.5. The van der Waals surface area contributed by atoms with Crippen molar-refractivity contribution in [2.24, 2.45) is 0 Å². The van der Waals surface area contributed by atoms with Crippen molar-refractivity contribution in [1.29, 1.82) is 0 Å². The van der Waals surface area contributed by atoms with E-state index in [4.69, 9.17) is 18.9 Å². The summed E-state index contributed by atoms with van der Waals surface area (Å²) in [6, 6.07) is 20.7. The summed E-state index contributed by atoms with van der Waals surface area (Å²) in [5.74, 6) is -0.0715. The fourth-order valence-corrected chi connectivity index (χ4v) is 5.02. The molecule has 0 saturated heterocycles. The molecule has 0 fully saturated rings. The van der Waals surface area contributed by atoms with E-state index in [9.17, 15) is 9.59 Å². The molecule has 0 spiro atoms. The summed E-state index contributed by atoms with van der Waals surface area (Å²) in [5, 5.41) is 0. The first-order chi connectivity index (χ1) is 20.4. The average molecular weight is 583 g/mol. The van der Waals surface area contributed by atoms with Gasteiger partial charge >= 0.3 is 11.9 Å². The fraction of sp³-hybridized carbons (Fsp3) is 0.611. The van der Waals surface area contributed by atoms with Crippen LogP contribution in [0.5, 0.6) is 0 Å². The number of unbranched alkanes of at least 4 members (excludes halogenated alkanes) is 5. The number of carbonyl (C=O) groups excluding carboxylic acids is 2. The molecule has 0 radical (unpaired) electrons. The van der Waals surface area contributed by atoms with Crippen molar-refractivity contribution in [3.63, 3.8) is 0 Å². The van der Waals surface area contributed by atoms with Crippen molar-refractivity contribution >= 4 is 11.9 Å². The Labute approximate surface area is 254 Å². The number of hydrogen-bond donors (Lipinski definition) is 0. The smallest absolute Gasteiger partial charge is 0.308 e. The van der Waals surface area contributed by atoms with Gasteiger partial charge in [-0.3, -0.25) is 9.59 Å². The van der Waals surface area contributed by atoms with Crippen molar-refractivity contribution in [2.75, 3.05) is 13.2 Å². The Hall–Kier alpha value is -2.70. The Kier molecular flexibility index (Phi) is 18.5. The maximum atomic E-state index is 12.3. The molecule has 0 saturated carbocycles. The number of benzene rings is 2. The molecule has 42 heavy (non-hydrogen) atoms. The highest BCUT2D eigenvalue weighted by molar-refractivity contribution is 5.70. The van der Waals surface area contributed by atoms with E-state index < -0.39 is 12.6 Å². The maximum absolute atomic E-state index is 12.3. The molecular formula is C36H54O6. The minimum Gasteiger partial charge on any atom is -0.436 e. The molecule has 0 amide bonds. The summed E-state index contributed by atoms with van der Waals surface area (Å²) < 4.78 is 22.7. The molecule has 6 heteroatoms. The molecular weight excluding hydrogens is 528 g/mol. The Morgan fingerprint density at radius 3 is 1.31 bits per heavy atom. The van der Waals surface area contributed by atoms with E-state index in [0.29, 0.717) is 26.1 Å². The van der Waals surface area contributed by atoms with Crippen LogP contribution in [0.25, 0.3) is 0 Å². The lowest BCUT2D eigenvalue weighted by Gasteiger charge is -2.21. The van der Waals surface area contributed by atoms with Crippen LogP contribution in [0.1, 0.15) is 128 Å². The van der Waals surface area contributed by atoms with E-state index in [0.717, 1.165) is 25.7 Å². The van der Waals surface area contributed by atoms with Gasteiger partial charge in [0.1, 0.15) is 0 Å². The number of carbonyl (C=O) groups is 2. The molecule has 6 nitrogen and oxygen atoms in total. The summed E-state index contributed by atoms with van der Waals surface area (Å²) in [6.07, 6.45) is 9.48. The highest BCUT2D eigenvalue weighted by Crippen LogP contribution is 2.25. The molecule has 0 aliphatic carbocycles. The van der Waals surface area contributed by atoms with Gasteiger partial charge in [0.15, 0.2) is 12.6 Å². The summed E-state index contributed by atoms with van der Waals surface area (Å²) in [4.78, 5) is 24.6. The topological polar surface area (TPSA) is 71.1 Å². The molecule has 0 aromatic heterocycles. The lowest BCUT2D eigenvalue weighted by atomic mass is 9.94. The zero-order valence-corrected chi connectivity index (χ0v) is 26.4. The predicted octanol–water partition coefficient (Wildman–Crippen LogP) is 9.09. The quantitative estimate of drug-likeness (QED) is 0.0739.